The van der Waals surface area contributed by atoms with E-state index in [1.54, 1.807) is 30.2 Å². The van der Waals surface area contributed by atoms with Crippen LogP contribution >= 0.6 is 15.9 Å². The molecule has 1 heterocycles. The smallest absolute Gasteiger partial charge is 0.387 e. The number of alkyl halides is 4. The summed E-state index contributed by atoms with van der Waals surface area (Å²) in [6.07, 6.45) is 1.74. The van der Waals surface area contributed by atoms with Gasteiger partial charge in [-0.3, -0.25) is 4.79 Å². The van der Waals surface area contributed by atoms with Gasteiger partial charge in [-0.25, -0.2) is 4.39 Å². The Labute approximate surface area is 136 Å². The first-order valence-corrected chi connectivity index (χ1v) is 8.28. The summed E-state index contributed by atoms with van der Waals surface area (Å²) in [7, 11) is -0.844. The molecule has 1 aliphatic heterocycles. The Hall–Kier alpha value is -1.35. The minimum Gasteiger partial charge on any atom is -0.435 e. The van der Waals surface area contributed by atoms with E-state index in [2.05, 4.69) is 25.0 Å². The fourth-order valence-electron chi connectivity index (χ4n) is 1.83. The van der Waals surface area contributed by atoms with Gasteiger partial charge in [0.15, 0.2) is 6.67 Å². The fraction of sp³-hybridized carbons (Fsp3) is 0.308. The maximum Gasteiger partial charge on any atom is 0.387 e. The van der Waals surface area contributed by atoms with E-state index in [1.807, 2.05) is 0 Å². The minimum atomic E-state index is -2.90. The van der Waals surface area contributed by atoms with Crippen molar-refractivity contribution in [2.75, 3.05) is 11.6 Å². The zero-order valence-corrected chi connectivity index (χ0v) is 13.8. The number of nitrogens with zero attached hydrogens (tertiary/aromatic N) is 2. The number of carbonyl (C=O) groups is 1. The van der Waals surface area contributed by atoms with Crippen molar-refractivity contribution in [3.63, 3.8) is 0 Å². The molecular formula is C13H12BrF3N2O2S. The monoisotopic (exact) mass is 396 g/mol. The highest BCUT2D eigenvalue weighted by Gasteiger charge is 2.28. The molecule has 0 N–H and O–H groups in total. The summed E-state index contributed by atoms with van der Waals surface area (Å²) in [6.45, 7) is -2.28. The van der Waals surface area contributed by atoms with E-state index in [1.165, 1.54) is 12.1 Å². The van der Waals surface area contributed by atoms with E-state index in [0.717, 1.165) is 4.91 Å². The lowest BCUT2D eigenvalue weighted by atomic mass is 10.3. The van der Waals surface area contributed by atoms with Crippen molar-refractivity contribution in [1.82, 2.24) is 0 Å². The van der Waals surface area contributed by atoms with Crippen LogP contribution in [0.5, 0.6) is 5.75 Å². The molecule has 0 bridgehead atoms. The number of anilines is 1. The van der Waals surface area contributed by atoms with Gasteiger partial charge in [-0.15, -0.1) is 0 Å². The molecule has 1 aromatic carbocycles. The number of hydrogen-bond donors (Lipinski definition) is 0. The van der Waals surface area contributed by atoms with Crippen LogP contribution in [0.1, 0.15) is 6.92 Å². The summed E-state index contributed by atoms with van der Waals surface area (Å²) in [4.78, 5) is 13.7. The molecule has 22 heavy (non-hydrogen) atoms. The summed E-state index contributed by atoms with van der Waals surface area (Å²) in [5.74, 6) is -0.793. The van der Waals surface area contributed by atoms with Crippen molar-refractivity contribution in [1.29, 1.82) is 0 Å². The van der Waals surface area contributed by atoms with Gasteiger partial charge in [0.1, 0.15) is 10.0 Å². The predicted molar refractivity (Wildman–Crippen MR) is 82.8 cm³/mol. The Morgan fingerprint density at radius 3 is 2.91 bits per heavy atom. The fourth-order valence-corrected chi connectivity index (χ4v) is 4.75. The van der Waals surface area contributed by atoms with E-state index in [0.29, 0.717) is 5.69 Å². The van der Waals surface area contributed by atoms with E-state index < -0.39 is 29.9 Å². The molecule has 120 valence electrons. The third kappa shape index (κ3) is 3.89. The maximum absolute atomic E-state index is 12.3. The first-order chi connectivity index (χ1) is 10.4. The zero-order valence-electron chi connectivity index (χ0n) is 11.4. The van der Waals surface area contributed by atoms with Crippen molar-refractivity contribution in [2.45, 2.75) is 17.8 Å². The number of rotatable bonds is 4. The van der Waals surface area contributed by atoms with Crippen LogP contribution in [0.4, 0.5) is 18.9 Å². The molecule has 0 aromatic heterocycles. The lowest BCUT2D eigenvalue weighted by molar-refractivity contribution is -0.118. The van der Waals surface area contributed by atoms with Crippen LogP contribution in [0.15, 0.2) is 39.7 Å². The van der Waals surface area contributed by atoms with Gasteiger partial charge in [-0.1, -0.05) is 22.0 Å². The Morgan fingerprint density at radius 2 is 2.27 bits per heavy atom. The number of allylic oxidation sites excluding steroid dienone is 1. The van der Waals surface area contributed by atoms with Gasteiger partial charge in [-0.05, 0) is 29.7 Å². The Balaban J connectivity index is 2.27. The van der Waals surface area contributed by atoms with Gasteiger partial charge >= 0.3 is 6.61 Å². The second kappa shape index (κ2) is 7.28. The van der Waals surface area contributed by atoms with Gasteiger partial charge < -0.3 is 9.64 Å². The summed E-state index contributed by atoms with van der Waals surface area (Å²) >= 11 is 3.41. The highest BCUT2D eigenvalue weighted by atomic mass is 79.9. The van der Waals surface area contributed by atoms with Crippen LogP contribution in [0.3, 0.4) is 0 Å². The Morgan fingerprint density at radius 1 is 1.55 bits per heavy atom. The van der Waals surface area contributed by atoms with Crippen LogP contribution in [0, 0.1) is 0 Å². The SMILES string of the molecule is CC1=CN(c2cccc(OC(F)F)c2)C(Br)S1=NC(=O)CF. The van der Waals surface area contributed by atoms with Gasteiger partial charge in [0.25, 0.3) is 5.91 Å². The maximum atomic E-state index is 12.3. The van der Waals surface area contributed by atoms with E-state index in [9.17, 15) is 18.0 Å². The van der Waals surface area contributed by atoms with Crippen molar-refractivity contribution in [2.24, 2.45) is 4.36 Å². The molecule has 0 radical (unpaired) electrons. The topological polar surface area (TPSA) is 41.9 Å². The highest BCUT2D eigenvalue weighted by Crippen LogP contribution is 2.34. The van der Waals surface area contributed by atoms with Crippen LogP contribution in [0.2, 0.25) is 0 Å². The minimum absolute atomic E-state index is 0.0295. The molecule has 0 saturated heterocycles. The van der Waals surface area contributed by atoms with Crippen LogP contribution in [-0.4, -0.2) is 23.5 Å². The third-order valence-corrected chi connectivity index (χ3v) is 5.97. The van der Waals surface area contributed by atoms with Crippen LogP contribution in [0.25, 0.3) is 0 Å². The summed E-state index contributed by atoms with van der Waals surface area (Å²) in [6, 6.07) is 6.16. The lowest BCUT2D eigenvalue weighted by Crippen LogP contribution is -2.23. The average molecular weight is 397 g/mol. The molecular weight excluding hydrogens is 385 g/mol. The molecule has 9 heteroatoms. The number of halogens is 4. The molecule has 0 saturated carbocycles. The largest absolute Gasteiger partial charge is 0.435 e. The van der Waals surface area contributed by atoms with Gasteiger partial charge in [-0.2, -0.15) is 13.1 Å². The third-order valence-electron chi connectivity index (χ3n) is 2.71. The first kappa shape index (κ1) is 17.0. The molecule has 2 atom stereocenters. The van der Waals surface area contributed by atoms with Gasteiger partial charge in [0.05, 0.1) is 0 Å². The van der Waals surface area contributed by atoms with Crippen molar-refractivity contribution in [3.8, 4) is 5.75 Å². The second-order valence-electron chi connectivity index (χ2n) is 4.25. The molecule has 1 aliphatic rings. The number of ether oxygens (including phenoxy) is 1. The Bertz CT molecular complexity index is 639. The first-order valence-electron chi connectivity index (χ1n) is 6.12. The van der Waals surface area contributed by atoms with Crippen LogP contribution in [-0.2, 0) is 15.5 Å². The number of amides is 1. The standard InChI is InChI=1S/C13H12BrF3N2O2S/c1-8-7-19(12(14)22(8)18-11(20)6-15)9-3-2-4-10(5-9)21-13(16)17/h2-5,7,12-13H,6H2,1H3. The molecule has 0 aliphatic carbocycles. The normalized spacial score (nSPS) is 21.4. The molecule has 2 unspecified atom stereocenters. The van der Waals surface area contributed by atoms with Crippen molar-refractivity contribution >= 4 is 38.2 Å². The summed E-state index contributed by atoms with van der Waals surface area (Å²) in [5, 5.41) is 0. The van der Waals surface area contributed by atoms with Crippen molar-refractivity contribution in [3.05, 3.63) is 35.4 Å². The second-order valence-corrected chi connectivity index (χ2v) is 7.62. The number of benzene rings is 1. The molecule has 1 aromatic rings. The van der Waals surface area contributed by atoms with E-state index >= 15 is 0 Å². The summed E-state index contributed by atoms with van der Waals surface area (Å²) < 4.78 is 44.6. The number of hydrogen-bond acceptors (Lipinski definition) is 3. The summed E-state index contributed by atoms with van der Waals surface area (Å²) in [5.41, 5.74) is 0.595. The molecule has 0 spiro atoms. The van der Waals surface area contributed by atoms with Crippen molar-refractivity contribution < 1.29 is 22.7 Å². The quantitative estimate of drug-likeness (QED) is 0.571. The van der Waals surface area contributed by atoms with Crippen LogP contribution < -0.4 is 9.64 Å². The molecule has 1 amide bonds. The zero-order chi connectivity index (χ0) is 16.3. The van der Waals surface area contributed by atoms with Gasteiger partial charge in [0.2, 0.25) is 0 Å². The van der Waals surface area contributed by atoms with Gasteiger partial charge in [0, 0.05) is 22.9 Å². The Kier molecular flexibility index (Phi) is 5.63. The lowest BCUT2D eigenvalue weighted by Gasteiger charge is -2.21. The van der Waals surface area contributed by atoms with E-state index in [4.69, 9.17) is 0 Å². The van der Waals surface area contributed by atoms with E-state index in [-0.39, 0.29) is 10.0 Å². The molecule has 2 rings (SSSR count). The average Bonchev–Trinajstić information content (AvgIpc) is 2.74. The highest BCUT2D eigenvalue weighted by molar-refractivity contribution is 9.11. The number of carbonyl (C=O) groups excluding carboxylic acids is 1. The predicted octanol–water partition coefficient (Wildman–Crippen LogP) is 3.95. The molecule has 4 nitrogen and oxygen atoms in total. The molecule has 0 fully saturated rings.